The average molecular weight is 130 g/mol. The van der Waals surface area contributed by atoms with Crippen molar-refractivity contribution in [2.75, 3.05) is 0 Å². The van der Waals surface area contributed by atoms with Gasteiger partial charge in [-0.25, -0.2) is 0 Å². The third kappa shape index (κ3) is 1.33. The molecule has 0 saturated carbocycles. The number of aliphatic hydroxyl groups is 1. The van der Waals surface area contributed by atoms with Crippen LogP contribution in [0.5, 0.6) is 0 Å². The van der Waals surface area contributed by atoms with Crippen LogP contribution >= 0.6 is 0 Å². The van der Waals surface area contributed by atoms with E-state index in [1.807, 2.05) is 0 Å². The second-order valence-corrected chi connectivity index (χ2v) is 8.80. The quantitative estimate of drug-likeness (QED) is 0.492. The summed E-state index contributed by atoms with van der Waals surface area (Å²) >= 11 is 0. The van der Waals surface area contributed by atoms with Crippen molar-refractivity contribution in [1.29, 1.82) is 0 Å². The van der Waals surface area contributed by atoms with E-state index in [4.69, 9.17) is 5.11 Å². The van der Waals surface area contributed by atoms with Crippen molar-refractivity contribution in [3.63, 3.8) is 0 Å². The number of hydrogen-bond donors (Lipinski definition) is 1. The van der Waals surface area contributed by atoms with Crippen LogP contribution in [0.3, 0.4) is 0 Å². The van der Waals surface area contributed by atoms with Gasteiger partial charge in [-0.3, -0.25) is 0 Å². The minimum Gasteiger partial charge on any atom is -0.393 e. The summed E-state index contributed by atoms with van der Waals surface area (Å²) in [5.74, 6) is 0. The molecule has 0 unspecified atom stereocenters. The summed E-state index contributed by atoms with van der Waals surface area (Å²) in [7, 11) is -0.853. The molecule has 8 heavy (non-hydrogen) atoms. The Kier molecular flexibility index (Phi) is 1.45. The van der Waals surface area contributed by atoms with Crippen LogP contribution in [0, 0.1) is 0 Å². The Morgan fingerprint density at radius 2 is 2.12 bits per heavy atom. The fourth-order valence-corrected chi connectivity index (χ4v) is 4.20. The third-order valence-corrected chi connectivity index (χ3v) is 5.16. The van der Waals surface area contributed by atoms with Crippen molar-refractivity contribution >= 4 is 8.07 Å². The molecule has 48 valence electrons. The standard InChI is InChI=1S/C6H14OSi/c1-8(2)4-3-6(7)5-8/h6-7H,3-5H2,1-2H3/t6-/m0/s1. The summed E-state index contributed by atoms with van der Waals surface area (Å²) in [6.45, 7) is 4.70. The lowest BCUT2D eigenvalue weighted by atomic mass is 10.3. The molecule has 1 aliphatic heterocycles. The zero-order valence-electron chi connectivity index (χ0n) is 5.65. The summed E-state index contributed by atoms with van der Waals surface area (Å²) < 4.78 is 0. The Morgan fingerprint density at radius 1 is 1.50 bits per heavy atom. The molecule has 1 N–H and O–H groups in total. The summed E-state index contributed by atoms with van der Waals surface area (Å²) in [5, 5.41) is 9.10. The van der Waals surface area contributed by atoms with Crippen LogP contribution < -0.4 is 0 Å². The van der Waals surface area contributed by atoms with Gasteiger partial charge in [0, 0.05) is 0 Å². The van der Waals surface area contributed by atoms with E-state index in [0.29, 0.717) is 0 Å². The predicted octanol–water partition coefficient (Wildman–Crippen LogP) is 1.46. The summed E-state index contributed by atoms with van der Waals surface area (Å²) in [6, 6.07) is 2.46. The van der Waals surface area contributed by atoms with Crippen molar-refractivity contribution in [1.82, 2.24) is 0 Å². The van der Waals surface area contributed by atoms with Crippen LogP contribution in [0.2, 0.25) is 25.2 Å². The second-order valence-electron chi connectivity index (χ2n) is 3.56. The monoisotopic (exact) mass is 130 g/mol. The van der Waals surface area contributed by atoms with Gasteiger partial charge in [-0.1, -0.05) is 19.1 Å². The first-order chi connectivity index (χ1) is 3.60. The molecule has 2 heteroatoms. The van der Waals surface area contributed by atoms with Crippen LogP contribution in [0.25, 0.3) is 0 Å². The SMILES string of the molecule is C[Si]1(C)CC[C@H](O)C1. The molecule has 1 nitrogen and oxygen atoms in total. The Bertz CT molecular complexity index is 90.5. The first-order valence-corrected chi connectivity index (χ1v) is 6.70. The van der Waals surface area contributed by atoms with Crippen molar-refractivity contribution < 1.29 is 5.11 Å². The maximum atomic E-state index is 9.10. The van der Waals surface area contributed by atoms with Crippen LogP contribution in [-0.2, 0) is 0 Å². The number of aliphatic hydroxyl groups excluding tert-OH is 1. The van der Waals surface area contributed by atoms with Crippen LogP contribution in [0.4, 0.5) is 0 Å². The maximum absolute atomic E-state index is 9.10. The molecule has 1 heterocycles. The molecule has 1 aliphatic rings. The third-order valence-electron chi connectivity index (χ3n) is 1.94. The molecule has 0 amide bonds. The largest absolute Gasteiger partial charge is 0.393 e. The molecular weight excluding hydrogens is 116 g/mol. The summed E-state index contributed by atoms with van der Waals surface area (Å²) in [4.78, 5) is 0. The molecule has 1 saturated heterocycles. The van der Waals surface area contributed by atoms with E-state index in [1.165, 1.54) is 6.04 Å². The highest BCUT2D eigenvalue weighted by Gasteiger charge is 2.30. The highest BCUT2D eigenvalue weighted by atomic mass is 28.3. The Balaban J connectivity index is 2.44. The van der Waals surface area contributed by atoms with E-state index in [2.05, 4.69) is 13.1 Å². The Hall–Kier alpha value is 0.177. The van der Waals surface area contributed by atoms with E-state index in [9.17, 15) is 0 Å². The van der Waals surface area contributed by atoms with Crippen LogP contribution in [-0.4, -0.2) is 19.3 Å². The topological polar surface area (TPSA) is 20.2 Å². The van der Waals surface area contributed by atoms with Gasteiger partial charge in [0.25, 0.3) is 0 Å². The average Bonchev–Trinajstić information content (AvgIpc) is 1.82. The molecule has 1 atom stereocenters. The fraction of sp³-hybridized carbons (Fsp3) is 1.00. The van der Waals surface area contributed by atoms with Gasteiger partial charge in [-0.15, -0.1) is 0 Å². The maximum Gasteiger partial charge on any atom is 0.0514 e. The van der Waals surface area contributed by atoms with Gasteiger partial charge in [0.05, 0.1) is 14.2 Å². The highest BCUT2D eigenvalue weighted by molar-refractivity contribution is 6.78. The summed E-state index contributed by atoms with van der Waals surface area (Å²) in [5.41, 5.74) is 0. The van der Waals surface area contributed by atoms with Gasteiger partial charge in [-0.05, 0) is 12.5 Å². The first kappa shape index (κ1) is 6.30. The van der Waals surface area contributed by atoms with Crippen molar-refractivity contribution in [3.05, 3.63) is 0 Å². The molecule has 0 bridgehead atoms. The van der Waals surface area contributed by atoms with E-state index in [1.54, 1.807) is 0 Å². The Morgan fingerprint density at radius 3 is 2.25 bits per heavy atom. The highest BCUT2D eigenvalue weighted by Crippen LogP contribution is 2.29. The lowest BCUT2D eigenvalue weighted by Crippen LogP contribution is -2.20. The minimum atomic E-state index is -0.853. The fourth-order valence-electron chi connectivity index (χ4n) is 1.40. The van der Waals surface area contributed by atoms with Crippen molar-refractivity contribution in [2.24, 2.45) is 0 Å². The van der Waals surface area contributed by atoms with Gasteiger partial charge in [0.1, 0.15) is 0 Å². The number of hydrogen-bond acceptors (Lipinski definition) is 1. The molecule has 1 fully saturated rings. The second kappa shape index (κ2) is 1.85. The Labute approximate surface area is 51.7 Å². The zero-order valence-corrected chi connectivity index (χ0v) is 6.65. The van der Waals surface area contributed by atoms with Gasteiger partial charge in [0.15, 0.2) is 0 Å². The zero-order chi connectivity index (χ0) is 6.20. The first-order valence-electron chi connectivity index (χ1n) is 3.28. The van der Waals surface area contributed by atoms with Crippen molar-refractivity contribution in [2.45, 2.75) is 37.7 Å². The molecule has 0 aliphatic carbocycles. The van der Waals surface area contributed by atoms with Gasteiger partial charge < -0.3 is 5.11 Å². The normalized spacial score (nSPS) is 35.6. The van der Waals surface area contributed by atoms with E-state index in [0.717, 1.165) is 12.5 Å². The van der Waals surface area contributed by atoms with E-state index < -0.39 is 8.07 Å². The van der Waals surface area contributed by atoms with E-state index >= 15 is 0 Å². The van der Waals surface area contributed by atoms with Gasteiger partial charge in [-0.2, -0.15) is 0 Å². The molecule has 0 aromatic heterocycles. The smallest absolute Gasteiger partial charge is 0.0514 e. The predicted molar refractivity (Wildman–Crippen MR) is 37.7 cm³/mol. The lowest BCUT2D eigenvalue weighted by Gasteiger charge is -2.11. The molecular formula is C6H14OSi. The van der Waals surface area contributed by atoms with Crippen LogP contribution in [0.15, 0.2) is 0 Å². The van der Waals surface area contributed by atoms with Gasteiger partial charge in [0.2, 0.25) is 0 Å². The van der Waals surface area contributed by atoms with Gasteiger partial charge >= 0.3 is 0 Å². The molecule has 0 aromatic rings. The molecule has 0 spiro atoms. The van der Waals surface area contributed by atoms with Crippen molar-refractivity contribution in [3.8, 4) is 0 Å². The summed E-state index contributed by atoms with van der Waals surface area (Å²) in [6.07, 6.45) is 1.12. The number of rotatable bonds is 0. The lowest BCUT2D eigenvalue weighted by molar-refractivity contribution is 0.199. The molecule has 0 aromatic carbocycles. The molecule has 0 radical (unpaired) electrons. The van der Waals surface area contributed by atoms with Crippen LogP contribution in [0.1, 0.15) is 6.42 Å². The minimum absolute atomic E-state index is 0.0525. The molecule has 1 rings (SSSR count). The van der Waals surface area contributed by atoms with E-state index in [-0.39, 0.29) is 6.10 Å².